The predicted octanol–water partition coefficient (Wildman–Crippen LogP) is 1.71. The summed E-state index contributed by atoms with van der Waals surface area (Å²) < 4.78 is 18.6. The van der Waals surface area contributed by atoms with E-state index >= 15 is 0 Å². The molecule has 1 aliphatic rings. The summed E-state index contributed by atoms with van der Waals surface area (Å²) in [7, 11) is 0. The van der Waals surface area contributed by atoms with Gasteiger partial charge in [-0.15, -0.1) is 0 Å². The summed E-state index contributed by atoms with van der Waals surface area (Å²) in [5.41, 5.74) is 5.47. The number of nitrogens with one attached hydrogen (secondary N) is 1. The molecule has 1 atom stereocenters. The van der Waals surface area contributed by atoms with Crippen LogP contribution in [0.3, 0.4) is 0 Å². The van der Waals surface area contributed by atoms with Crippen LogP contribution in [-0.4, -0.2) is 11.6 Å². The molecular formula is C14H14FN3O. The number of pyridine rings is 1. The zero-order valence-corrected chi connectivity index (χ0v) is 10.3. The third kappa shape index (κ3) is 2.18. The maximum absolute atomic E-state index is 12.9. The van der Waals surface area contributed by atoms with E-state index in [1.54, 1.807) is 6.07 Å². The Kier molecular flexibility index (Phi) is 3.15. The third-order valence-corrected chi connectivity index (χ3v) is 3.27. The van der Waals surface area contributed by atoms with Crippen LogP contribution in [0.5, 0.6) is 5.75 Å². The van der Waals surface area contributed by atoms with Gasteiger partial charge < -0.3 is 4.74 Å². The van der Waals surface area contributed by atoms with E-state index in [9.17, 15) is 4.39 Å². The molecule has 1 aromatic heterocycles. The van der Waals surface area contributed by atoms with Crippen LogP contribution in [0, 0.1) is 5.82 Å². The van der Waals surface area contributed by atoms with E-state index < -0.39 is 0 Å². The smallest absolute Gasteiger partial charge is 0.141 e. The molecule has 0 saturated carbocycles. The molecule has 98 valence electrons. The van der Waals surface area contributed by atoms with Crippen LogP contribution in [0.1, 0.15) is 22.9 Å². The number of para-hydroxylation sites is 1. The molecule has 0 bridgehead atoms. The lowest BCUT2D eigenvalue weighted by molar-refractivity contribution is 0.350. The van der Waals surface area contributed by atoms with Crippen molar-refractivity contribution < 1.29 is 9.13 Å². The monoisotopic (exact) mass is 259 g/mol. The standard InChI is InChI=1S/C14H14FN3O/c15-10-4-5-12(17-8-10)13(18-16)11-3-1-2-9-6-7-19-14(9)11/h1-5,8,13,18H,6-7,16H2. The number of hydrogen-bond acceptors (Lipinski definition) is 4. The average Bonchev–Trinajstić information content (AvgIpc) is 2.91. The first-order valence-corrected chi connectivity index (χ1v) is 6.12. The molecular weight excluding hydrogens is 245 g/mol. The quantitative estimate of drug-likeness (QED) is 0.650. The zero-order chi connectivity index (χ0) is 13.2. The molecule has 0 amide bonds. The summed E-state index contributed by atoms with van der Waals surface area (Å²) in [5, 5.41) is 0. The molecule has 4 nitrogen and oxygen atoms in total. The van der Waals surface area contributed by atoms with Crippen LogP contribution < -0.4 is 16.0 Å². The Labute approximate surface area is 110 Å². The van der Waals surface area contributed by atoms with Gasteiger partial charge >= 0.3 is 0 Å². The summed E-state index contributed by atoms with van der Waals surface area (Å²) in [4.78, 5) is 4.08. The molecule has 2 aromatic rings. The minimum absolute atomic E-state index is 0.311. The molecule has 0 radical (unpaired) electrons. The minimum atomic E-state index is -0.367. The Bertz CT molecular complexity index is 586. The highest BCUT2D eigenvalue weighted by atomic mass is 19.1. The van der Waals surface area contributed by atoms with Crippen molar-refractivity contribution in [1.82, 2.24) is 10.4 Å². The van der Waals surface area contributed by atoms with E-state index in [0.29, 0.717) is 12.3 Å². The summed E-state index contributed by atoms with van der Waals surface area (Å²) in [6, 6.07) is 8.63. The molecule has 1 aromatic carbocycles. The van der Waals surface area contributed by atoms with Gasteiger partial charge in [0, 0.05) is 12.0 Å². The van der Waals surface area contributed by atoms with Gasteiger partial charge in [-0.1, -0.05) is 18.2 Å². The van der Waals surface area contributed by atoms with E-state index in [2.05, 4.69) is 10.4 Å². The maximum atomic E-state index is 12.9. The number of hydrazine groups is 1. The first kappa shape index (κ1) is 12.1. The molecule has 0 saturated heterocycles. The number of nitrogens with two attached hydrogens (primary N) is 1. The van der Waals surface area contributed by atoms with E-state index in [4.69, 9.17) is 10.6 Å². The van der Waals surface area contributed by atoms with Crippen LogP contribution in [0.25, 0.3) is 0 Å². The zero-order valence-electron chi connectivity index (χ0n) is 10.3. The fourth-order valence-corrected chi connectivity index (χ4v) is 2.36. The van der Waals surface area contributed by atoms with E-state index in [0.717, 1.165) is 17.7 Å². The maximum Gasteiger partial charge on any atom is 0.141 e. The second-order valence-electron chi connectivity index (χ2n) is 4.43. The number of rotatable bonds is 3. The van der Waals surface area contributed by atoms with Gasteiger partial charge in [0.1, 0.15) is 11.6 Å². The van der Waals surface area contributed by atoms with Crippen molar-refractivity contribution in [1.29, 1.82) is 0 Å². The second kappa shape index (κ2) is 4.95. The van der Waals surface area contributed by atoms with Crippen molar-refractivity contribution in [3.63, 3.8) is 0 Å². The summed E-state index contributed by atoms with van der Waals surface area (Å²) in [6.07, 6.45) is 2.08. The summed E-state index contributed by atoms with van der Waals surface area (Å²) >= 11 is 0. The Hall–Kier alpha value is -1.98. The Morgan fingerprint density at radius 3 is 2.95 bits per heavy atom. The number of hydrogen-bond donors (Lipinski definition) is 2. The molecule has 3 rings (SSSR count). The molecule has 5 heteroatoms. The van der Waals surface area contributed by atoms with Crippen LogP contribution in [0.15, 0.2) is 36.5 Å². The van der Waals surface area contributed by atoms with Crippen molar-refractivity contribution in [3.05, 3.63) is 59.2 Å². The lowest BCUT2D eigenvalue weighted by atomic mass is 9.99. The first-order chi connectivity index (χ1) is 9.29. The van der Waals surface area contributed by atoms with Crippen molar-refractivity contribution in [2.45, 2.75) is 12.5 Å². The fraction of sp³-hybridized carbons (Fsp3) is 0.214. The molecule has 2 heterocycles. The molecule has 1 aliphatic heterocycles. The highest BCUT2D eigenvalue weighted by Crippen LogP contribution is 2.35. The number of aromatic nitrogens is 1. The SMILES string of the molecule is NNC(c1ccc(F)cn1)c1cccc2c1OCC2. The molecule has 0 spiro atoms. The van der Waals surface area contributed by atoms with Crippen LogP contribution in [0.2, 0.25) is 0 Å². The Morgan fingerprint density at radius 1 is 1.32 bits per heavy atom. The lowest BCUT2D eigenvalue weighted by Crippen LogP contribution is -2.29. The largest absolute Gasteiger partial charge is 0.493 e. The molecule has 1 unspecified atom stereocenters. The number of ether oxygens (including phenoxy) is 1. The number of nitrogens with zero attached hydrogens (tertiary/aromatic N) is 1. The highest BCUT2D eigenvalue weighted by molar-refractivity contribution is 5.47. The summed E-state index contributed by atoms with van der Waals surface area (Å²) in [5.74, 6) is 6.12. The number of fused-ring (bicyclic) bond motifs is 1. The topological polar surface area (TPSA) is 60.2 Å². The predicted molar refractivity (Wildman–Crippen MR) is 69.0 cm³/mol. The minimum Gasteiger partial charge on any atom is -0.493 e. The average molecular weight is 259 g/mol. The molecule has 0 fully saturated rings. The Morgan fingerprint density at radius 2 is 2.21 bits per heavy atom. The van der Waals surface area contributed by atoms with Crippen LogP contribution in [-0.2, 0) is 6.42 Å². The van der Waals surface area contributed by atoms with Crippen molar-refractivity contribution in [3.8, 4) is 5.75 Å². The van der Waals surface area contributed by atoms with Gasteiger partial charge in [-0.25, -0.2) is 9.82 Å². The summed E-state index contributed by atoms with van der Waals surface area (Å²) in [6.45, 7) is 0.681. The first-order valence-electron chi connectivity index (χ1n) is 6.12. The molecule has 0 aliphatic carbocycles. The lowest BCUT2D eigenvalue weighted by Gasteiger charge is -2.18. The van der Waals surface area contributed by atoms with E-state index in [-0.39, 0.29) is 11.9 Å². The second-order valence-corrected chi connectivity index (χ2v) is 4.43. The highest BCUT2D eigenvalue weighted by Gasteiger charge is 2.23. The molecule has 3 N–H and O–H groups in total. The fourth-order valence-electron chi connectivity index (χ4n) is 2.36. The van der Waals surface area contributed by atoms with Gasteiger partial charge in [-0.3, -0.25) is 10.8 Å². The van der Waals surface area contributed by atoms with Gasteiger partial charge in [0.2, 0.25) is 0 Å². The number of benzene rings is 1. The van der Waals surface area contributed by atoms with E-state index in [1.807, 2.05) is 18.2 Å². The normalized spacial score (nSPS) is 14.8. The van der Waals surface area contributed by atoms with Gasteiger partial charge in [0.05, 0.1) is 24.5 Å². The van der Waals surface area contributed by atoms with Crippen molar-refractivity contribution in [2.75, 3.05) is 6.61 Å². The van der Waals surface area contributed by atoms with Crippen molar-refractivity contribution >= 4 is 0 Å². The Balaban J connectivity index is 2.03. The number of halogens is 1. The van der Waals surface area contributed by atoms with Gasteiger partial charge in [-0.05, 0) is 17.7 Å². The van der Waals surface area contributed by atoms with Gasteiger partial charge in [-0.2, -0.15) is 0 Å². The molecule has 19 heavy (non-hydrogen) atoms. The van der Waals surface area contributed by atoms with Crippen LogP contribution in [0.4, 0.5) is 4.39 Å². The van der Waals surface area contributed by atoms with Crippen LogP contribution >= 0.6 is 0 Å². The van der Waals surface area contributed by atoms with E-state index in [1.165, 1.54) is 17.8 Å². The van der Waals surface area contributed by atoms with Gasteiger partial charge in [0.15, 0.2) is 0 Å². The van der Waals surface area contributed by atoms with Crippen molar-refractivity contribution in [2.24, 2.45) is 5.84 Å². The third-order valence-electron chi connectivity index (χ3n) is 3.27. The van der Waals surface area contributed by atoms with Gasteiger partial charge in [0.25, 0.3) is 0 Å².